The molecule has 0 spiro atoms. The van der Waals surface area contributed by atoms with E-state index in [-0.39, 0.29) is 12.2 Å². The van der Waals surface area contributed by atoms with Gasteiger partial charge in [-0.25, -0.2) is 9.18 Å². The molecule has 7 heteroatoms. The number of hydrogen-bond donors (Lipinski definition) is 0. The molecule has 1 aliphatic rings. The van der Waals surface area contributed by atoms with Gasteiger partial charge in [0.15, 0.2) is 5.78 Å². The van der Waals surface area contributed by atoms with Crippen LogP contribution in [0.3, 0.4) is 0 Å². The summed E-state index contributed by atoms with van der Waals surface area (Å²) >= 11 is 0. The molecular weight excluding hydrogens is 497 g/mol. The quantitative estimate of drug-likeness (QED) is 0.216. The fraction of sp³-hybridized carbons (Fsp3) is 0.125. The van der Waals surface area contributed by atoms with Crippen LogP contribution in [0.2, 0.25) is 0 Å². The number of methoxy groups -OCH3 is 1. The van der Waals surface area contributed by atoms with Gasteiger partial charge in [-0.1, -0.05) is 48.5 Å². The van der Waals surface area contributed by atoms with Gasteiger partial charge in [-0.15, -0.1) is 0 Å². The molecule has 6 nitrogen and oxygen atoms in total. The Morgan fingerprint density at radius 3 is 2.33 bits per heavy atom. The number of halogens is 1. The van der Waals surface area contributed by atoms with E-state index in [9.17, 15) is 14.0 Å². The Bertz CT molecular complexity index is 1490. The molecule has 5 rings (SSSR count). The summed E-state index contributed by atoms with van der Waals surface area (Å²) in [6.45, 7) is 0.302. The lowest BCUT2D eigenvalue weighted by Gasteiger charge is -2.24. The van der Waals surface area contributed by atoms with E-state index in [0.29, 0.717) is 40.7 Å². The summed E-state index contributed by atoms with van der Waals surface area (Å²) in [5.74, 6) is 0.754. The molecule has 1 fully saturated rings. The summed E-state index contributed by atoms with van der Waals surface area (Å²) in [5, 5.41) is 0. The summed E-state index contributed by atoms with van der Waals surface area (Å²) in [7, 11) is 1.57. The highest BCUT2D eigenvalue weighted by atomic mass is 19.1. The summed E-state index contributed by atoms with van der Waals surface area (Å²) in [6.07, 6.45) is 0.989. The number of Topliss-reactive ketones (excluding diaryl/α,β-unsaturated/α-hetero) is 1. The third kappa shape index (κ3) is 5.83. The first-order valence-electron chi connectivity index (χ1n) is 12.4. The fourth-order valence-corrected chi connectivity index (χ4v) is 4.40. The minimum atomic E-state index is -0.697. The Morgan fingerprint density at radius 1 is 0.949 bits per heavy atom. The van der Waals surface area contributed by atoms with E-state index in [1.807, 2.05) is 66.7 Å². The molecule has 0 aromatic heterocycles. The lowest BCUT2D eigenvalue weighted by Crippen LogP contribution is -2.27. The third-order valence-electron chi connectivity index (χ3n) is 6.37. The van der Waals surface area contributed by atoms with Crippen molar-refractivity contribution in [2.24, 2.45) is 0 Å². The molecule has 0 bridgehead atoms. The largest absolute Gasteiger partial charge is 0.497 e. The van der Waals surface area contributed by atoms with Crippen molar-refractivity contribution in [1.82, 2.24) is 0 Å². The van der Waals surface area contributed by atoms with Gasteiger partial charge in [-0.05, 0) is 60.2 Å². The van der Waals surface area contributed by atoms with Gasteiger partial charge in [0.25, 0.3) is 0 Å². The Morgan fingerprint density at radius 2 is 1.64 bits per heavy atom. The maximum atomic E-state index is 13.3. The average Bonchev–Trinajstić information content (AvgIpc) is 3.31. The zero-order valence-electron chi connectivity index (χ0n) is 21.3. The zero-order valence-corrected chi connectivity index (χ0v) is 21.3. The summed E-state index contributed by atoms with van der Waals surface area (Å²) < 4.78 is 30.7. The third-order valence-corrected chi connectivity index (χ3v) is 6.37. The van der Waals surface area contributed by atoms with Gasteiger partial charge in [0.1, 0.15) is 35.7 Å². The number of carbonyl (C=O) groups is 2. The van der Waals surface area contributed by atoms with E-state index < -0.39 is 18.0 Å². The molecule has 1 saturated heterocycles. The van der Waals surface area contributed by atoms with E-state index >= 15 is 0 Å². The van der Waals surface area contributed by atoms with Gasteiger partial charge in [-0.3, -0.25) is 9.69 Å². The van der Waals surface area contributed by atoms with Gasteiger partial charge in [-0.2, -0.15) is 0 Å². The fourth-order valence-electron chi connectivity index (χ4n) is 4.40. The molecule has 1 heterocycles. The molecule has 4 aromatic carbocycles. The van der Waals surface area contributed by atoms with E-state index in [0.717, 1.165) is 5.56 Å². The molecule has 0 saturated carbocycles. The molecule has 196 valence electrons. The highest BCUT2D eigenvalue weighted by Gasteiger charge is 2.41. The minimum Gasteiger partial charge on any atom is -0.497 e. The number of anilines is 1. The van der Waals surface area contributed by atoms with Crippen LogP contribution in [0.25, 0.3) is 0 Å². The zero-order chi connectivity index (χ0) is 27.2. The van der Waals surface area contributed by atoms with Crippen molar-refractivity contribution in [1.29, 1.82) is 0 Å². The number of carbonyl (C=O) groups excluding carboxylic acids is 2. The van der Waals surface area contributed by atoms with Crippen molar-refractivity contribution in [3.63, 3.8) is 0 Å². The molecule has 1 amide bonds. The number of nitrogens with zero attached hydrogens (tertiary/aromatic N) is 1. The first-order valence-corrected chi connectivity index (χ1v) is 12.4. The van der Waals surface area contributed by atoms with Gasteiger partial charge in [0.05, 0.1) is 7.11 Å². The molecule has 0 aliphatic carbocycles. The van der Waals surface area contributed by atoms with Crippen molar-refractivity contribution in [3.8, 4) is 11.5 Å². The number of benzene rings is 4. The lowest BCUT2D eigenvalue weighted by molar-refractivity contribution is 0.0994. The number of allylic oxidation sites excluding steroid dienone is 1. The Labute approximate surface area is 225 Å². The maximum Gasteiger partial charge on any atom is 0.420 e. The molecule has 4 aromatic rings. The molecule has 0 unspecified atom stereocenters. The monoisotopic (exact) mass is 523 g/mol. The topological polar surface area (TPSA) is 65.1 Å². The highest BCUT2D eigenvalue weighted by Crippen LogP contribution is 2.44. The minimum absolute atomic E-state index is 0.0380. The Balaban J connectivity index is 1.53. The van der Waals surface area contributed by atoms with Crippen LogP contribution in [-0.4, -0.2) is 19.0 Å². The maximum absolute atomic E-state index is 13.3. The Kier molecular flexibility index (Phi) is 7.68. The van der Waals surface area contributed by atoms with Crippen molar-refractivity contribution >= 4 is 17.6 Å². The van der Waals surface area contributed by atoms with Crippen LogP contribution < -0.4 is 14.4 Å². The first kappa shape index (κ1) is 25.7. The van der Waals surface area contributed by atoms with Gasteiger partial charge < -0.3 is 14.2 Å². The smallest absolute Gasteiger partial charge is 0.420 e. The van der Waals surface area contributed by atoms with E-state index in [2.05, 4.69) is 0 Å². The highest BCUT2D eigenvalue weighted by molar-refractivity contribution is 5.97. The number of ketones is 1. The second-order valence-electron chi connectivity index (χ2n) is 8.89. The molecule has 1 aliphatic heterocycles. The molecule has 1 atom stereocenters. The second-order valence-corrected chi connectivity index (χ2v) is 8.89. The van der Waals surface area contributed by atoms with Crippen molar-refractivity contribution in [2.45, 2.75) is 19.1 Å². The van der Waals surface area contributed by atoms with Crippen LogP contribution in [0.4, 0.5) is 14.9 Å². The number of cyclic esters (lactones) is 1. The van der Waals surface area contributed by atoms with Gasteiger partial charge in [0.2, 0.25) is 0 Å². The number of rotatable bonds is 9. The van der Waals surface area contributed by atoms with Gasteiger partial charge in [0, 0.05) is 29.3 Å². The first-order chi connectivity index (χ1) is 19.0. The van der Waals surface area contributed by atoms with Crippen molar-refractivity contribution in [3.05, 3.63) is 137 Å². The normalized spacial score (nSPS) is 15.7. The van der Waals surface area contributed by atoms with Crippen LogP contribution in [-0.2, 0) is 11.3 Å². The predicted molar refractivity (Wildman–Crippen MR) is 145 cm³/mol. The van der Waals surface area contributed by atoms with Gasteiger partial charge >= 0.3 is 6.09 Å². The predicted octanol–water partition coefficient (Wildman–Crippen LogP) is 7.27. The van der Waals surface area contributed by atoms with Crippen molar-refractivity contribution < 1.29 is 28.2 Å². The molecular formula is C32H26FNO5. The number of amides is 1. The van der Waals surface area contributed by atoms with Crippen LogP contribution in [0, 0.1) is 5.82 Å². The lowest BCUT2D eigenvalue weighted by atomic mass is 10.00. The van der Waals surface area contributed by atoms with E-state index in [1.54, 1.807) is 25.3 Å². The van der Waals surface area contributed by atoms with E-state index in [1.165, 1.54) is 29.2 Å². The molecule has 39 heavy (non-hydrogen) atoms. The number of ether oxygens (including phenoxy) is 3. The standard InChI is InChI=1S/C32H26FNO5/c1-37-26-16-17-27(30(20-26)38-21-22-8-4-2-5-9-22)31-29(19-18-28(35)23-12-14-24(33)15-13-23)39-32(36)34(31)25-10-6-3-7-11-25/h2-17,19-20,31H,18,21H2,1H3/t31-/m1/s1. The SMILES string of the molecule is COc1ccc([C@@H]2C(=CCC(=O)c3ccc(F)cc3)OC(=O)N2c2ccccc2)c(OCc2ccccc2)c1. The van der Waals surface area contributed by atoms with E-state index in [4.69, 9.17) is 14.2 Å². The summed E-state index contributed by atoms with van der Waals surface area (Å²) in [6, 6.07) is 28.9. The Hall–Kier alpha value is -4.91. The molecule has 0 N–H and O–H groups in total. The average molecular weight is 524 g/mol. The van der Waals surface area contributed by atoms with Crippen LogP contribution in [0.15, 0.2) is 115 Å². The van der Waals surface area contributed by atoms with Crippen molar-refractivity contribution in [2.75, 3.05) is 12.0 Å². The van der Waals surface area contributed by atoms with Crippen LogP contribution in [0.5, 0.6) is 11.5 Å². The summed E-state index contributed by atoms with van der Waals surface area (Å²) in [4.78, 5) is 27.6. The molecule has 0 radical (unpaired) electrons. The van der Waals surface area contributed by atoms with Crippen LogP contribution >= 0.6 is 0 Å². The number of para-hydroxylation sites is 1. The van der Waals surface area contributed by atoms with Crippen LogP contribution in [0.1, 0.15) is 33.9 Å². The summed E-state index contributed by atoms with van der Waals surface area (Å²) in [5.41, 5.74) is 2.64. The number of hydrogen-bond acceptors (Lipinski definition) is 5. The second kappa shape index (κ2) is 11.6.